The maximum atomic E-state index is 2.59. The average Bonchev–Trinajstić information content (AvgIpc) is 1.63. The van der Waals surface area contributed by atoms with Crippen LogP contribution in [0.3, 0.4) is 0 Å². The zero-order valence-corrected chi connectivity index (χ0v) is 55.3. The highest BCUT2D eigenvalue weighted by Crippen LogP contribution is 2.51. The Morgan fingerprint density at radius 3 is 0.989 bits per heavy atom. The molecule has 17 rings (SSSR count). The van der Waals surface area contributed by atoms with Gasteiger partial charge in [-0.3, -0.25) is 0 Å². The molecule has 95 heavy (non-hydrogen) atoms. The molecule has 0 aliphatic heterocycles. The zero-order chi connectivity index (χ0) is 63.3. The fourth-order valence-electron chi connectivity index (χ4n) is 17.4. The summed E-state index contributed by atoms with van der Waals surface area (Å²) in [7, 11) is 0. The Morgan fingerprint density at radius 1 is 0.274 bits per heavy atom. The average molecular weight is 1230 g/mol. The second-order valence-electron chi connectivity index (χ2n) is 28.1. The van der Waals surface area contributed by atoms with Crippen molar-refractivity contribution in [2.24, 2.45) is 0 Å². The van der Waals surface area contributed by atoms with Gasteiger partial charge >= 0.3 is 0 Å². The first kappa shape index (κ1) is 59.0. The number of benzene rings is 12. The fourth-order valence-corrected chi connectivity index (χ4v) is 17.4. The Kier molecular flexibility index (Phi) is 15.9. The van der Waals surface area contributed by atoms with E-state index in [4.69, 9.17) is 0 Å². The Balaban J connectivity index is 0.459. The second-order valence-corrected chi connectivity index (χ2v) is 28.1. The summed E-state index contributed by atoms with van der Waals surface area (Å²) in [6.07, 6.45) is 21.2. The number of aromatic nitrogens is 2. The first-order valence-electron chi connectivity index (χ1n) is 35.8. The van der Waals surface area contributed by atoms with Crippen molar-refractivity contribution < 1.29 is 0 Å². The van der Waals surface area contributed by atoms with Crippen LogP contribution in [0.2, 0.25) is 0 Å². The molecular formula is C93H84N2. The summed E-state index contributed by atoms with van der Waals surface area (Å²) in [5.41, 5.74) is 36.5. The lowest BCUT2D eigenvalue weighted by Crippen LogP contribution is -2.01. The highest BCUT2D eigenvalue weighted by atomic mass is 15.0. The molecule has 2 aromatic heterocycles. The molecule has 0 fully saturated rings. The van der Waals surface area contributed by atoms with Crippen molar-refractivity contribution in [3.05, 3.63) is 333 Å². The van der Waals surface area contributed by atoms with Gasteiger partial charge in [0.1, 0.15) is 0 Å². The zero-order valence-electron chi connectivity index (χ0n) is 55.3. The molecule has 14 aromatic rings. The van der Waals surface area contributed by atoms with Crippen molar-refractivity contribution in [1.29, 1.82) is 0 Å². The number of para-hydroxylation sites is 4. The minimum Gasteiger partial charge on any atom is -0.309 e. The van der Waals surface area contributed by atoms with E-state index < -0.39 is 0 Å². The van der Waals surface area contributed by atoms with Gasteiger partial charge in [-0.05, 0) is 231 Å². The maximum absolute atomic E-state index is 2.59. The molecule has 3 aliphatic carbocycles. The van der Waals surface area contributed by atoms with Crippen LogP contribution >= 0.6 is 0 Å². The summed E-state index contributed by atoms with van der Waals surface area (Å²) in [6.45, 7) is 4.71. The molecule has 466 valence electrons. The monoisotopic (exact) mass is 1230 g/mol. The topological polar surface area (TPSA) is 9.86 Å². The van der Waals surface area contributed by atoms with E-state index >= 15 is 0 Å². The Hall–Kier alpha value is -9.76. The van der Waals surface area contributed by atoms with E-state index in [0.717, 1.165) is 19.3 Å². The number of nitrogens with zero attached hydrogens (tertiary/aromatic N) is 2. The van der Waals surface area contributed by atoms with Gasteiger partial charge in [0.25, 0.3) is 0 Å². The maximum Gasteiger partial charge on any atom is 0.0541 e. The van der Waals surface area contributed by atoms with Crippen LogP contribution in [0.1, 0.15) is 167 Å². The molecule has 0 saturated heterocycles. The summed E-state index contributed by atoms with van der Waals surface area (Å²) < 4.78 is 4.84. The molecule has 2 heterocycles. The third-order valence-electron chi connectivity index (χ3n) is 22.2. The van der Waals surface area contributed by atoms with E-state index in [1.807, 2.05) is 0 Å². The van der Waals surface area contributed by atoms with Gasteiger partial charge in [0.15, 0.2) is 0 Å². The van der Waals surface area contributed by atoms with Gasteiger partial charge in [-0.25, -0.2) is 0 Å². The molecular weight excluding hydrogens is 1150 g/mol. The molecule has 0 saturated carbocycles. The van der Waals surface area contributed by atoms with E-state index in [0.29, 0.717) is 0 Å². The lowest BCUT2D eigenvalue weighted by atomic mass is 9.89. The summed E-state index contributed by atoms with van der Waals surface area (Å²) >= 11 is 0. The first-order chi connectivity index (χ1) is 47.0. The molecule has 0 spiro atoms. The minimum absolute atomic E-state index is 0.242. The molecule has 3 aliphatic rings. The molecule has 0 bridgehead atoms. The Labute approximate surface area is 561 Å². The van der Waals surface area contributed by atoms with Crippen LogP contribution in [0.4, 0.5) is 0 Å². The molecule has 2 nitrogen and oxygen atoms in total. The largest absolute Gasteiger partial charge is 0.309 e. The van der Waals surface area contributed by atoms with E-state index in [2.05, 4.69) is 278 Å². The first-order valence-corrected chi connectivity index (χ1v) is 35.8. The van der Waals surface area contributed by atoms with E-state index in [-0.39, 0.29) is 11.8 Å². The molecule has 0 amide bonds. The van der Waals surface area contributed by atoms with Crippen molar-refractivity contribution in [2.45, 2.75) is 135 Å². The molecule has 2 atom stereocenters. The second kappa shape index (κ2) is 25.5. The molecule has 0 N–H and O–H groups in total. The van der Waals surface area contributed by atoms with Crippen LogP contribution in [0.5, 0.6) is 0 Å². The van der Waals surface area contributed by atoms with Crippen molar-refractivity contribution in [3.8, 4) is 44.8 Å². The predicted octanol–water partition coefficient (Wildman–Crippen LogP) is 24.6. The van der Waals surface area contributed by atoms with E-state index in [1.54, 1.807) is 11.1 Å². The summed E-state index contributed by atoms with van der Waals surface area (Å²) in [4.78, 5) is 0. The van der Waals surface area contributed by atoms with Gasteiger partial charge < -0.3 is 9.13 Å². The lowest BCUT2D eigenvalue weighted by molar-refractivity contribution is 0.593. The van der Waals surface area contributed by atoms with Gasteiger partial charge in [-0.15, -0.1) is 0 Å². The van der Waals surface area contributed by atoms with Crippen molar-refractivity contribution in [1.82, 2.24) is 9.13 Å². The summed E-state index contributed by atoms with van der Waals surface area (Å²) in [5, 5.41) is 5.20. The number of fused-ring (bicyclic) bond motifs is 15. The molecule has 12 aromatic carbocycles. The van der Waals surface area contributed by atoms with Gasteiger partial charge in [0.05, 0.1) is 22.1 Å². The Morgan fingerprint density at radius 2 is 0.600 bits per heavy atom. The number of hydrogen-bond donors (Lipinski definition) is 0. The fraction of sp³-hybridized carbons (Fsp3) is 0.226. The van der Waals surface area contributed by atoms with E-state index in [9.17, 15) is 0 Å². The van der Waals surface area contributed by atoms with Gasteiger partial charge in [0, 0.05) is 44.8 Å². The van der Waals surface area contributed by atoms with Gasteiger partial charge in [0.2, 0.25) is 0 Å². The Bertz CT molecular complexity index is 4770. The minimum atomic E-state index is 0.242. The number of rotatable bonds is 22. The third-order valence-corrected chi connectivity index (χ3v) is 22.2. The normalized spacial score (nSPS) is 14.2. The number of aryl methyl sites for hydroxylation is 6. The number of unbranched alkanes of at least 4 members (excludes halogenated alkanes) is 10. The van der Waals surface area contributed by atoms with Gasteiger partial charge in [-0.1, -0.05) is 258 Å². The van der Waals surface area contributed by atoms with Crippen LogP contribution in [-0.2, 0) is 32.1 Å². The van der Waals surface area contributed by atoms with Crippen molar-refractivity contribution in [2.75, 3.05) is 0 Å². The molecule has 0 radical (unpaired) electrons. The molecule has 2 heteroatoms. The van der Waals surface area contributed by atoms with Gasteiger partial charge in [-0.2, -0.15) is 0 Å². The number of hydrogen-bond acceptors (Lipinski definition) is 0. The van der Waals surface area contributed by atoms with Crippen molar-refractivity contribution >= 4 is 43.6 Å². The summed E-state index contributed by atoms with van der Waals surface area (Å²) in [5.74, 6) is 0.484. The van der Waals surface area contributed by atoms with Crippen LogP contribution in [0.25, 0.3) is 88.4 Å². The third kappa shape index (κ3) is 10.9. The standard InChI is InChI=1S/C93H84N2/c1-62-55-70-59-71-56-63(2)69(30-14-10-6-4-8-12-28-65-44-54-83-87(58-65)75-32-16-18-38-81(75)93(83)67-47-51-73(52-48-67)95-90-41-25-21-35-78(90)79-36-22-26-42-91(79)95)61-85(71)84(70)60-68(62)29-13-9-5-3-7-11-27-64-43-53-82-86(57-64)74-31-15-17-37-80(74)92(82)66-45-49-72(50-46-66)94-88-39-23-19-33-76(88)77-34-20-24-40-89(77)94/h15-26,31-58,60-61,92-93H,3-14,27-30,59H2,1-2H3. The lowest BCUT2D eigenvalue weighted by Gasteiger charge is -2.16. The molecule has 2 unspecified atom stereocenters. The smallest absolute Gasteiger partial charge is 0.0541 e. The SMILES string of the molecule is Cc1cc2c(cc1CCCCCCCCc1ccc3c(c1)-c1ccccc1C3c1ccc(-n3c4ccccc4c4ccccc43)cc1)-c1cc(CCCCCCCCc3ccc4c(c3)-c3ccccc3C4c3ccc(-n4c5ccccc5c5ccccc54)cc3)c(C)cc1C2. The van der Waals surface area contributed by atoms with Crippen LogP contribution in [0.15, 0.2) is 255 Å². The predicted molar refractivity (Wildman–Crippen MR) is 402 cm³/mol. The van der Waals surface area contributed by atoms with E-state index in [1.165, 1.54) is 245 Å². The highest BCUT2D eigenvalue weighted by molar-refractivity contribution is 6.10. The van der Waals surface area contributed by atoms with Crippen LogP contribution in [-0.4, -0.2) is 9.13 Å². The quantitative estimate of drug-likeness (QED) is 0.0599. The van der Waals surface area contributed by atoms with Crippen molar-refractivity contribution in [3.63, 3.8) is 0 Å². The van der Waals surface area contributed by atoms with Crippen LogP contribution in [0, 0.1) is 13.8 Å². The summed E-state index contributed by atoms with van der Waals surface area (Å²) in [6, 6.07) is 97.1. The van der Waals surface area contributed by atoms with Crippen LogP contribution < -0.4 is 0 Å². The highest BCUT2D eigenvalue weighted by Gasteiger charge is 2.32.